The molecular formula is C13H21N5O3S. The van der Waals surface area contributed by atoms with Gasteiger partial charge in [-0.3, -0.25) is 4.79 Å². The molecule has 0 aliphatic carbocycles. The number of likely N-dealkylation sites (tertiary alicyclic amines) is 1. The van der Waals surface area contributed by atoms with Crippen LogP contribution in [0.2, 0.25) is 0 Å². The molecule has 0 saturated carbocycles. The van der Waals surface area contributed by atoms with E-state index in [1.807, 2.05) is 13.8 Å². The lowest BCUT2D eigenvalue weighted by Crippen LogP contribution is -2.31. The molecule has 2 heterocycles. The zero-order valence-electron chi connectivity index (χ0n) is 12.7. The summed E-state index contributed by atoms with van der Waals surface area (Å²) in [5.41, 5.74) is 6.60. The van der Waals surface area contributed by atoms with Gasteiger partial charge < -0.3 is 10.6 Å². The van der Waals surface area contributed by atoms with Crippen LogP contribution in [-0.2, 0) is 10.0 Å². The molecule has 1 atom stereocenters. The van der Waals surface area contributed by atoms with E-state index < -0.39 is 10.0 Å². The van der Waals surface area contributed by atoms with Crippen LogP contribution < -0.4 is 10.9 Å². The highest BCUT2D eigenvalue weighted by Crippen LogP contribution is 2.21. The molecule has 8 nitrogen and oxygen atoms in total. The first kappa shape index (κ1) is 16.6. The summed E-state index contributed by atoms with van der Waals surface area (Å²) in [4.78, 5) is 22.2. The summed E-state index contributed by atoms with van der Waals surface area (Å²) >= 11 is 0. The highest BCUT2D eigenvalue weighted by atomic mass is 32.2. The van der Waals surface area contributed by atoms with Crippen molar-refractivity contribution in [3.8, 4) is 0 Å². The number of carbonyl (C=O) groups is 1. The first-order chi connectivity index (χ1) is 10.2. The van der Waals surface area contributed by atoms with E-state index in [-0.39, 0.29) is 35.1 Å². The maximum atomic E-state index is 12.5. The van der Waals surface area contributed by atoms with Crippen LogP contribution in [0.4, 0.5) is 5.95 Å². The number of primary sulfonamides is 1. The molecule has 0 radical (unpaired) electrons. The van der Waals surface area contributed by atoms with Gasteiger partial charge in [0.25, 0.3) is 5.91 Å². The van der Waals surface area contributed by atoms with Gasteiger partial charge in [0, 0.05) is 18.8 Å². The standard InChI is InChI=1S/C13H21N5O3S/c1-8(2)10-5-11(17-13(14)16-10)12(19)18-4-3-9(6-18)7-22(15,20)21/h5,8-9H,3-4,6-7H2,1-2H3,(H2,14,16,17)(H2,15,20,21)/t9-/m0/s1. The lowest BCUT2D eigenvalue weighted by atomic mass is 10.1. The molecule has 1 aromatic heterocycles. The number of amides is 1. The summed E-state index contributed by atoms with van der Waals surface area (Å²) in [5, 5.41) is 5.05. The van der Waals surface area contributed by atoms with Crippen LogP contribution in [0.15, 0.2) is 6.07 Å². The van der Waals surface area contributed by atoms with E-state index in [2.05, 4.69) is 9.97 Å². The maximum absolute atomic E-state index is 12.5. The Morgan fingerprint density at radius 1 is 1.45 bits per heavy atom. The zero-order valence-corrected chi connectivity index (χ0v) is 13.5. The SMILES string of the molecule is CC(C)c1cc(C(=O)N2CC[C@H](CS(N)(=O)=O)C2)nc(N)n1. The molecule has 122 valence electrons. The van der Waals surface area contributed by atoms with Crippen LogP contribution >= 0.6 is 0 Å². The number of rotatable bonds is 4. The van der Waals surface area contributed by atoms with Gasteiger partial charge in [0.1, 0.15) is 5.69 Å². The van der Waals surface area contributed by atoms with Crippen molar-refractivity contribution in [2.24, 2.45) is 11.1 Å². The average Bonchev–Trinajstić information content (AvgIpc) is 2.83. The first-order valence-corrected chi connectivity index (χ1v) is 8.81. The Kier molecular flexibility index (Phi) is 4.66. The van der Waals surface area contributed by atoms with Gasteiger partial charge in [0.15, 0.2) is 0 Å². The predicted molar refractivity (Wildman–Crippen MR) is 82.5 cm³/mol. The molecule has 0 aromatic carbocycles. The number of carbonyl (C=O) groups excluding carboxylic acids is 1. The second kappa shape index (κ2) is 6.17. The number of sulfonamides is 1. The van der Waals surface area contributed by atoms with E-state index in [9.17, 15) is 13.2 Å². The first-order valence-electron chi connectivity index (χ1n) is 7.10. The monoisotopic (exact) mass is 327 g/mol. The quantitative estimate of drug-likeness (QED) is 0.795. The summed E-state index contributed by atoms with van der Waals surface area (Å²) in [5.74, 6) is -0.309. The van der Waals surface area contributed by atoms with Gasteiger partial charge in [-0.15, -0.1) is 0 Å². The number of nitrogens with two attached hydrogens (primary N) is 2. The van der Waals surface area contributed by atoms with Crippen LogP contribution in [0.3, 0.4) is 0 Å². The maximum Gasteiger partial charge on any atom is 0.272 e. The minimum atomic E-state index is -3.53. The third-order valence-electron chi connectivity index (χ3n) is 3.61. The van der Waals surface area contributed by atoms with E-state index >= 15 is 0 Å². The lowest BCUT2D eigenvalue weighted by Gasteiger charge is -2.17. The Balaban J connectivity index is 2.13. The fourth-order valence-electron chi connectivity index (χ4n) is 2.53. The number of anilines is 1. The van der Waals surface area contributed by atoms with E-state index in [0.29, 0.717) is 25.2 Å². The van der Waals surface area contributed by atoms with Gasteiger partial charge in [0.2, 0.25) is 16.0 Å². The summed E-state index contributed by atoms with van der Waals surface area (Å²) in [6.07, 6.45) is 0.611. The minimum Gasteiger partial charge on any atom is -0.368 e. The number of hydrogen-bond donors (Lipinski definition) is 2. The summed E-state index contributed by atoms with van der Waals surface area (Å²) in [6, 6.07) is 1.64. The van der Waals surface area contributed by atoms with Crippen LogP contribution in [-0.4, -0.2) is 48.0 Å². The van der Waals surface area contributed by atoms with Crippen molar-refractivity contribution < 1.29 is 13.2 Å². The van der Waals surface area contributed by atoms with Gasteiger partial charge in [-0.1, -0.05) is 13.8 Å². The van der Waals surface area contributed by atoms with E-state index in [1.54, 1.807) is 11.0 Å². The summed E-state index contributed by atoms with van der Waals surface area (Å²) < 4.78 is 22.3. The van der Waals surface area contributed by atoms with Crippen LogP contribution in [0.5, 0.6) is 0 Å². The van der Waals surface area contributed by atoms with E-state index in [1.165, 1.54) is 0 Å². The van der Waals surface area contributed by atoms with Crippen molar-refractivity contribution in [3.05, 3.63) is 17.5 Å². The van der Waals surface area contributed by atoms with Crippen molar-refractivity contribution in [2.75, 3.05) is 24.6 Å². The predicted octanol–water partition coefficient (Wildman–Crippen LogP) is -0.0672. The molecule has 1 aliphatic heterocycles. The summed E-state index contributed by atoms with van der Waals surface area (Å²) in [7, 11) is -3.53. The smallest absolute Gasteiger partial charge is 0.272 e. The van der Waals surface area contributed by atoms with Gasteiger partial charge in [0.05, 0.1) is 5.75 Å². The molecule has 1 amide bonds. The highest BCUT2D eigenvalue weighted by Gasteiger charge is 2.30. The average molecular weight is 327 g/mol. The minimum absolute atomic E-state index is 0.0647. The Labute approximate surface area is 130 Å². The zero-order chi connectivity index (χ0) is 16.5. The molecule has 0 bridgehead atoms. The lowest BCUT2D eigenvalue weighted by molar-refractivity contribution is 0.0782. The Morgan fingerprint density at radius 3 is 2.73 bits per heavy atom. The molecule has 1 saturated heterocycles. The van der Waals surface area contributed by atoms with E-state index in [4.69, 9.17) is 10.9 Å². The molecule has 1 fully saturated rings. The molecule has 22 heavy (non-hydrogen) atoms. The van der Waals surface area contributed by atoms with Crippen molar-refractivity contribution in [1.29, 1.82) is 0 Å². The second-order valence-corrected chi connectivity index (χ2v) is 7.59. The van der Waals surface area contributed by atoms with Crippen LogP contribution in [0.25, 0.3) is 0 Å². The third kappa shape index (κ3) is 4.14. The van der Waals surface area contributed by atoms with E-state index in [0.717, 1.165) is 0 Å². The Morgan fingerprint density at radius 2 is 2.14 bits per heavy atom. The molecule has 2 rings (SSSR count). The number of nitrogens with zero attached hydrogens (tertiary/aromatic N) is 3. The highest BCUT2D eigenvalue weighted by molar-refractivity contribution is 7.89. The van der Waals surface area contributed by atoms with Gasteiger partial charge >= 0.3 is 0 Å². The van der Waals surface area contributed by atoms with Crippen molar-refractivity contribution >= 4 is 21.9 Å². The van der Waals surface area contributed by atoms with Crippen molar-refractivity contribution in [1.82, 2.24) is 14.9 Å². The fourth-order valence-corrected chi connectivity index (χ4v) is 3.46. The number of aromatic nitrogens is 2. The van der Waals surface area contributed by atoms with Crippen LogP contribution in [0.1, 0.15) is 42.4 Å². The van der Waals surface area contributed by atoms with Crippen LogP contribution in [0, 0.1) is 5.92 Å². The van der Waals surface area contributed by atoms with Gasteiger partial charge in [-0.05, 0) is 24.3 Å². The van der Waals surface area contributed by atoms with Gasteiger partial charge in [-0.2, -0.15) is 0 Å². The van der Waals surface area contributed by atoms with Crippen molar-refractivity contribution in [2.45, 2.75) is 26.2 Å². The molecule has 4 N–H and O–H groups in total. The molecule has 1 aromatic rings. The largest absolute Gasteiger partial charge is 0.368 e. The molecule has 0 spiro atoms. The Hall–Kier alpha value is -1.74. The molecule has 1 aliphatic rings. The van der Waals surface area contributed by atoms with Crippen molar-refractivity contribution in [3.63, 3.8) is 0 Å². The normalized spacial score (nSPS) is 18.9. The molecular weight excluding hydrogens is 306 g/mol. The third-order valence-corrected chi connectivity index (χ3v) is 4.55. The summed E-state index contributed by atoms with van der Waals surface area (Å²) in [6.45, 7) is 4.75. The number of hydrogen-bond acceptors (Lipinski definition) is 6. The second-order valence-electron chi connectivity index (χ2n) is 5.93. The molecule has 9 heteroatoms. The number of nitrogen functional groups attached to an aromatic ring is 1. The topological polar surface area (TPSA) is 132 Å². The fraction of sp³-hybridized carbons (Fsp3) is 0.615. The Bertz CT molecular complexity index is 674. The van der Waals surface area contributed by atoms with Gasteiger partial charge in [-0.25, -0.2) is 23.5 Å². The molecule has 0 unspecified atom stereocenters.